The Hall–Kier alpha value is -3.35. The minimum absolute atomic E-state index is 0.304. The van der Waals surface area contributed by atoms with E-state index >= 15 is 0 Å². The molecule has 0 saturated carbocycles. The van der Waals surface area contributed by atoms with Crippen molar-refractivity contribution in [2.45, 2.75) is 33.8 Å². The molecule has 0 saturated heterocycles. The summed E-state index contributed by atoms with van der Waals surface area (Å²) in [5, 5.41) is 8.15. The first-order valence-electron chi connectivity index (χ1n) is 8.69. The van der Waals surface area contributed by atoms with Gasteiger partial charge in [-0.3, -0.25) is 9.59 Å². The molecule has 0 amide bonds. The van der Waals surface area contributed by atoms with Crippen molar-refractivity contribution in [1.29, 1.82) is 0 Å². The third-order valence-corrected chi connectivity index (χ3v) is 3.59. The molecule has 2 aromatic rings. The Balaban J connectivity index is 1.94. The molecular formula is C21H22N2O5. The van der Waals surface area contributed by atoms with Crippen LogP contribution < -0.4 is 4.74 Å². The molecule has 146 valence electrons. The number of nitrogens with zero attached hydrogens (tertiary/aromatic N) is 2. The lowest BCUT2D eigenvalue weighted by molar-refractivity contribution is -0.167. The fourth-order valence-electron chi connectivity index (χ4n) is 1.90. The predicted octanol–water partition coefficient (Wildman–Crippen LogP) is 4.80. The van der Waals surface area contributed by atoms with Gasteiger partial charge in [0, 0.05) is 5.56 Å². The van der Waals surface area contributed by atoms with Crippen LogP contribution in [-0.2, 0) is 14.3 Å². The number of carbonyl (C=O) groups excluding carboxylic acids is 3. The molecule has 0 aliphatic rings. The molecule has 0 N–H and O–H groups in total. The molecule has 0 aliphatic carbocycles. The molecule has 0 unspecified atom stereocenters. The second-order valence-corrected chi connectivity index (χ2v) is 7.12. The number of aldehydes is 1. The van der Waals surface area contributed by atoms with E-state index in [1.165, 1.54) is 6.92 Å². The molecule has 1 atom stereocenters. The number of ether oxygens (including phenoxy) is 2. The fraction of sp³-hybridized carbons (Fsp3) is 0.286. The molecule has 28 heavy (non-hydrogen) atoms. The van der Waals surface area contributed by atoms with E-state index in [1.54, 1.807) is 69.3 Å². The lowest BCUT2D eigenvalue weighted by Crippen LogP contribution is -2.33. The van der Waals surface area contributed by atoms with Gasteiger partial charge in [-0.15, -0.1) is 0 Å². The highest BCUT2D eigenvalue weighted by molar-refractivity contribution is 5.82. The van der Waals surface area contributed by atoms with Gasteiger partial charge < -0.3 is 9.47 Å². The summed E-state index contributed by atoms with van der Waals surface area (Å²) >= 11 is 0. The van der Waals surface area contributed by atoms with Gasteiger partial charge in [-0.05, 0) is 76.2 Å². The van der Waals surface area contributed by atoms with Gasteiger partial charge >= 0.3 is 11.9 Å². The Morgan fingerprint density at radius 2 is 1.43 bits per heavy atom. The van der Waals surface area contributed by atoms with E-state index in [4.69, 9.17) is 9.47 Å². The molecule has 0 spiro atoms. The van der Waals surface area contributed by atoms with E-state index in [2.05, 4.69) is 10.2 Å². The van der Waals surface area contributed by atoms with Crippen LogP contribution in [0.2, 0.25) is 0 Å². The van der Waals surface area contributed by atoms with E-state index < -0.39 is 23.5 Å². The van der Waals surface area contributed by atoms with Crippen LogP contribution in [0.15, 0.2) is 58.8 Å². The van der Waals surface area contributed by atoms with Crippen LogP contribution in [-0.4, -0.2) is 24.3 Å². The van der Waals surface area contributed by atoms with Crippen molar-refractivity contribution in [3.8, 4) is 5.75 Å². The highest BCUT2D eigenvalue weighted by Crippen LogP contribution is 2.22. The SMILES string of the molecule is C[C@H](OC(=O)C(C)(C)C)C(=O)Oc1ccc(N=Nc2ccc(C=O)cc2)cc1. The second-order valence-electron chi connectivity index (χ2n) is 7.12. The van der Waals surface area contributed by atoms with Crippen LogP contribution in [0.1, 0.15) is 38.1 Å². The summed E-state index contributed by atoms with van der Waals surface area (Å²) < 4.78 is 10.3. The minimum Gasteiger partial charge on any atom is -0.450 e. The van der Waals surface area contributed by atoms with Gasteiger partial charge in [0.2, 0.25) is 0 Å². The first-order chi connectivity index (χ1) is 13.2. The number of hydrogen-bond acceptors (Lipinski definition) is 7. The van der Waals surface area contributed by atoms with Gasteiger partial charge in [0.05, 0.1) is 16.8 Å². The zero-order valence-corrected chi connectivity index (χ0v) is 16.2. The molecule has 7 nitrogen and oxygen atoms in total. The largest absolute Gasteiger partial charge is 0.450 e. The molecule has 2 aromatic carbocycles. The summed E-state index contributed by atoms with van der Waals surface area (Å²) in [7, 11) is 0. The van der Waals surface area contributed by atoms with Gasteiger partial charge in [0.25, 0.3) is 0 Å². The van der Waals surface area contributed by atoms with E-state index in [1.807, 2.05) is 0 Å². The van der Waals surface area contributed by atoms with Crippen molar-refractivity contribution < 1.29 is 23.9 Å². The van der Waals surface area contributed by atoms with Crippen molar-refractivity contribution in [3.05, 3.63) is 54.1 Å². The molecule has 0 aromatic heterocycles. The lowest BCUT2D eigenvalue weighted by atomic mass is 9.97. The van der Waals surface area contributed by atoms with Crippen molar-refractivity contribution in [2.24, 2.45) is 15.6 Å². The van der Waals surface area contributed by atoms with Gasteiger partial charge in [-0.2, -0.15) is 10.2 Å². The standard InChI is InChI=1S/C21H22N2O5/c1-14(27-20(26)21(2,3)4)19(25)28-18-11-9-17(10-12-18)23-22-16-7-5-15(13-24)6-8-16/h5-14H,1-4H3/t14-/m0/s1. The van der Waals surface area contributed by atoms with Crippen LogP contribution in [0.4, 0.5) is 11.4 Å². The maximum atomic E-state index is 12.1. The third kappa shape index (κ3) is 6.12. The van der Waals surface area contributed by atoms with Crippen LogP contribution in [0.5, 0.6) is 5.75 Å². The van der Waals surface area contributed by atoms with E-state index in [0.717, 1.165) is 6.29 Å². The normalized spacial score (nSPS) is 12.4. The lowest BCUT2D eigenvalue weighted by Gasteiger charge is -2.19. The Morgan fingerprint density at radius 1 is 0.929 bits per heavy atom. The fourth-order valence-corrected chi connectivity index (χ4v) is 1.90. The van der Waals surface area contributed by atoms with Gasteiger partial charge in [-0.1, -0.05) is 0 Å². The predicted molar refractivity (Wildman–Crippen MR) is 103 cm³/mol. The molecule has 0 aliphatic heterocycles. The minimum atomic E-state index is -1.01. The monoisotopic (exact) mass is 382 g/mol. The molecule has 7 heteroatoms. The highest BCUT2D eigenvalue weighted by atomic mass is 16.6. The van der Waals surface area contributed by atoms with E-state index in [0.29, 0.717) is 22.7 Å². The van der Waals surface area contributed by atoms with Crippen molar-refractivity contribution in [3.63, 3.8) is 0 Å². The maximum absolute atomic E-state index is 12.1. The quantitative estimate of drug-likeness (QED) is 0.310. The maximum Gasteiger partial charge on any atom is 0.352 e. The molecular weight excluding hydrogens is 360 g/mol. The first-order valence-corrected chi connectivity index (χ1v) is 8.69. The molecule has 2 rings (SSSR count). The third-order valence-electron chi connectivity index (χ3n) is 3.59. The number of benzene rings is 2. The summed E-state index contributed by atoms with van der Waals surface area (Å²) in [5.74, 6) is -0.839. The van der Waals surface area contributed by atoms with E-state index in [-0.39, 0.29) is 0 Å². The van der Waals surface area contributed by atoms with Crippen LogP contribution in [0, 0.1) is 5.41 Å². The topological polar surface area (TPSA) is 94.4 Å². The zero-order chi connectivity index (χ0) is 20.7. The molecule has 0 heterocycles. The molecule has 0 radical (unpaired) electrons. The van der Waals surface area contributed by atoms with Gasteiger partial charge in [-0.25, -0.2) is 4.79 Å². The Kier molecular flexibility index (Phi) is 6.76. The van der Waals surface area contributed by atoms with Crippen molar-refractivity contribution in [2.75, 3.05) is 0 Å². The highest BCUT2D eigenvalue weighted by Gasteiger charge is 2.28. The van der Waals surface area contributed by atoms with Gasteiger partial charge in [0.1, 0.15) is 12.0 Å². The average Bonchev–Trinajstić information content (AvgIpc) is 2.67. The first kappa shape index (κ1) is 21.0. The Morgan fingerprint density at radius 3 is 1.89 bits per heavy atom. The number of hydrogen-bond donors (Lipinski definition) is 0. The van der Waals surface area contributed by atoms with Crippen LogP contribution in [0.25, 0.3) is 0 Å². The summed E-state index contributed by atoms with van der Waals surface area (Å²) in [6.07, 6.45) is -0.258. The Labute approximate surface area is 163 Å². The summed E-state index contributed by atoms with van der Waals surface area (Å²) in [6, 6.07) is 13.1. The molecule has 0 fully saturated rings. The molecule has 0 bridgehead atoms. The Bertz CT molecular complexity index is 865. The smallest absolute Gasteiger partial charge is 0.352 e. The zero-order valence-electron chi connectivity index (χ0n) is 16.2. The average molecular weight is 382 g/mol. The van der Waals surface area contributed by atoms with Gasteiger partial charge in [0.15, 0.2) is 6.10 Å². The van der Waals surface area contributed by atoms with E-state index in [9.17, 15) is 14.4 Å². The van der Waals surface area contributed by atoms with Crippen LogP contribution in [0.3, 0.4) is 0 Å². The number of rotatable bonds is 6. The van der Waals surface area contributed by atoms with Crippen molar-refractivity contribution >= 4 is 29.6 Å². The van der Waals surface area contributed by atoms with Crippen LogP contribution >= 0.6 is 0 Å². The number of azo groups is 1. The summed E-state index contributed by atoms with van der Waals surface area (Å²) in [6.45, 7) is 6.58. The summed E-state index contributed by atoms with van der Waals surface area (Å²) in [5.41, 5.74) is 1.03. The second kappa shape index (κ2) is 9.03. The number of carbonyl (C=O) groups is 3. The van der Waals surface area contributed by atoms with Crippen molar-refractivity contribution in [1.82, 2.24) is 0 Å². The summed E-state index contributed by atoms with van der Waals surface area (Å²) in [4.78, 5) is 34.5. The number of esters is 2.